The summed E-state index contributed by atoms with van der Waals surface area (Å²) in [7, 11) is 0. The smallest absolute Gasteiger partial charge is 0.124 e. The lowest BCUT2D eigenvalue weighted by atomic mass is 9.89. The first-order chi connectivity index (χ1) is 7.02. The first kappa shape index (κ1) is 13.3. The van der Waals surface area contributed by atoms with Crippen molar-refractivity contribution in [2.24, 2.45) is 5.73 Å². The van der Waals surface area contributed by atoms with E-state index in [2.05, 4.69) is 39.0 Å². The van der Waals surface area contributed by atoms with Crippen LogP contribution in [0.4, 0.5) is 0 Å². The molecule has 1 aliphatic heterocycles. The van der Waals surface area contributed by atoms with Crippen molar-refractivity contribution in [3.05, 3.63) is 29.3 Å². The molecule has 1 heterocycles. The van der Waals surface area contributed by atoms with Gasteiger partial charge in [0.2, 0.25) is 0 Å². The number of fused-ring (bicyclic) bond motifs is 1. The lowest BCUT2D eigenvalue weighted by Gasteiger charge is -2.36. The van der Waals surface area contributed by atoms with E-state index in [0.29, 0.717) is 0 Å². The molecular weight excluding hydrogens is 222 g/mol. The maximum absolute atomic E-state index is 6.17. The van der Waals surface area contributed by atoms with Crippen molar-refractivity contribution in [1.29, 1.82) is 0 Å². The molecule has 1 unspecified atom stereocenters. The van der Waals surface area contributed by atoms with E-state index in [9.17, 15) is 0 Å². The van der Waals surface area contributed by atoms with Crippen LogP contribution < -0.4 is 10.5 Å². The molecule has 2 nitrogen and oxygen atoms in total. The van der Waals surface area contributed by atoms with Crippen LogP contribution in [0.5, 0.6) is 5.75 Å². The molecule has 0 saturated heterocycles. The van der Waals surface area contributed by atoms with E-state index in [0.717, 1.165) is 24.2 Å². The Hall–Kier alpha value is -0.730. The van der Waals surface area contributed by atoms with Crippen molar-refractivity contribution >= 4 is 12.4 Å². The Morgan fingerprint density at radius 3 is 2.75 bits per heavy atom. The van der Waals surface area contributed by atoms with Crippen molar-refractivity contribution in [3.63, 3.8) is 0 Å². The van der Waals surface area contributed by atoms with Crippen molar-refractivity contribution in [3.8, 4) is 5.75 Å². The molecule has 16 heavy (non-hydrogen) atoms. The van der Waals surface area contributed by atoms with Gasteiger partial charge >= 0.3 is 0 Å². The van der Waals surface area contributed by atoms with Crippen molar-refractivity contribution in [1.82, 2.24) is 0 Å². The highest BCUT2D eigenvalue weighted by Gasteiger charge is 2.31. The lowest BCUT2D eigenvalue weighted by Crippen LogP contribution is -2.37. The zero-order valence-electron chi connectivity index (χ0n) is 10.1. The van der Waals surface area contributed by atoms with Crippen LogP contribution >= 0.6 is 12.4 Å². The van der Waals surface area contributed by atoms with Gasteiger partial charge in [-0.15, -0.1) is 12.4 Å². The Kier molecular flexibility index (Phi) is 3.87. The van der Waals surface area contributed by atoms with E-state index in [1.807, 2.05) is 0 Å². The number of ether oxygens (including phenoxy) is 1. The van der Waals surface area contributed by atoms with Crippen LogP contribution in [0, 0.1) is 0 Å². The van der Waals surface area contributed by atoms with Crippen LogP contribution in [0.3, 0.4) is 0 Å². The predicted octanol–water partition coefficient (Wildman–Crippen LogP) is 3.23. The first-order valence-corrected chi connectivity index (χ1v) is 5.59. The Morgan fingerprint density at radius 1 is 1.44 bits per heavy atom. The summed E-state index contributed by atoms with van der Waals surface area (Å²) in [5.41, 5.74) is 8.51. The molecule has 0 bridgehead atoms. The van der Waals surface area contributed by atoms with Crippen LogP contribution in [0.1, 0.15) is 44.4 Å². The van der Waals surface area contributed by atoms with E-state index in [-0.39, 0.29) is 24.0 Å². The van der Waals surface area contributed by atoms with Gasteiger partial charge in [-0.25, -0.2) is 0 Å². The van der Waals surface area contributed by atoms with E-state index < -0.39 is 0 Å². The highest BCUT2D eigenvalue weighted by molar-refractivity contribution is 5.85. The second-order valence-corrected chi connectivity index (χ2v) is 4.90. The average Bonchev–Trinajstić information content (AvgIpc) is 2.15. The molecule has 1 aliphatic rings. The van der Waals surface area contributed by atoms with Crippen LogP contribution in [0.15, 0.2) is 18.2 Å². The number of hydrogen-bond donors (Lipinski definition) is 1. The normalized spacial score (nSPS) is 21.6. The lowest BCUT2D eigenvalue weighted by molar-refractivity contribution is 0.0728. The molecule has 0 radical (unpaired) electrons. The summed E-state index contributed by atoms with van der Waals surface area (Å²) in [5, 5.41) is 0. The number of halogens is 1. The van der Waals surface area contributed by atoms with Crippen molar-refractivity contribution in [2.75, 3.05) is 0 Å². The molecule has 3 heteroatoms. The van der Waals surface area contributed by atoms with E-state index in [1.54, 1.807) is 0 Å². The molecule has 90 valence electrons. The van der Waals surface area contributed by atoms with Crippen LogP contribution in [-0.2, 0) is 6.42 Å². The van der Waals surface area contributed by atoms with Gasteiger partial charge in [0.15, 0.2) is 0 Å². The fourth-order valence-electron chi connectivity index (χ4n) is 2.18. The third kappa shape index (κ3) is 2.50. The number of hydrogen-bond acceptors (Lipinski definition) is 2. The van der Waals surface area contributed by atoms with Gasteiger partial charge in [-0.3, -0.25) is 0 Å². The van der Waals surface area contributed by atoms with Gasteiger partial charge in [-0.2, -0.15) is 0 Å². The SMILES string of the molecule is CCc1ccc2c(c1)C(N)CC(C)(C)O2.Cl. The second kappa shape index (κ2) is 4.64. The molecule has 1 atom stereocenters. The van der Waals surface area contributed by atoms with Gasteiger partial charge in [0.05, 0.1) is 0 Å². The number of aryl methyl sites for hydroxylation is 1. The average molecular weight is 242 g/mol. The standard InChI is InChI=1S/C13H19NO.ClH/c1-4-9-5-6-12-10(7-9)11(14)8-13(2,3)15-12;/h5-7,11H,4,8,14H2,1-3H3;1H. The van der Waals surface area contributed by atoms with Crippen molar-refractivity contribution in [2.45, 2.75) is 45.3 Å². The van der Waals surface area contributed by atoms with Crippen LogP contribution in [-0.4, -0.2) is 5.60 Å². The van der Waals surface area contributed by atoms with Crippen LogP contribution in [0.25, 0.3) is 0 Å². The van der Waals surface area contributed by atoms with Crippen molar-refractivity contribution < 1.29 is 4.74 Å². The molecular formula is C13H20ClNO. The predicted molar refractivity (Wildman–Crippen MR) is 69.3 cm³/mol. The third-order valence-electron chi connectivity index (χ3n) is 2.98. The molecule has 0 spiro atoms. The minimum Gasteiger partial charge on any atom is -0.487 e. The van der Waals surface area contributed by atoms with E-state index >= 15 is 0 Å². The Bertz CT molecular complexity index is 376. The Labute approximate surface area is 104 Å². The fraction of sp³-hybridized carbons (Fsp3) is 0.538. The maximum Gasteiger partial charge on any atom is 0.124 e. The molecule has 2 N–H and O–H groups in total. The number of benzene rings is 1. The first-order valence-electron chi connectivity index (χ1n) is 5.59. The zero-order chi connectivity index (χ0) is 11.1. The van der Waals surface area contributed by atoms with E-state index in [4.69, 9.17) is 10.5 Å². The number of nitrogens with two attached hydrogens (primary N) is 1. The van der Waals surface area contributed by atoms with Gasteiger partial charge in [-0.05, 0) is 31.9 Å². The van der Waals surface area contributed by atoms with Gasteiger partial charge in [0, 0.05) is 18.0 Å². The van der Waals surface area contributed by atoms with Crippen LogP contribution in [0.2, 0.25) is 0 Å². The summed E-state index contributed by atoms with van der Waals surface area (Å²) >= 11 is 0. The minimum atomic E-state index is -0.139. The summed E-state index contributed by atoms with van der Waals surface area (Å²) in [6, 6.07) is 6.45. The summed E-state index contributed by atoms with van der Waals surface area (Å²) in [4.78, 5) is 0. The second-order valence-electron chi connectivity index (χ2n) is 4.90. The quantitative estimate of drug-likeness (QED) is 0.819. The molecule has 1 aromatic rings. The highest BCUT2D eigenvalue weighted by atomic mass is 35.5. The Balaban J connectivity index is 0.00000128. The molecule has 0 fully saturated rings. The number of rotatable bonds is 1. The van der Waals surface area contributed by atoms with Gasteiger partial charge in [0.25, 0.3) is 0 Å². The maximum atomic E-state index is 6.17. The largest absolute Gasteiger partial charge is 0.487 e. The summed E-state index contributed by atoms with van der Waals surface area (Å²) < 4.78 is 5.91. The third-order valence-corrected chi connectivity index (χ3v) is 2.98. The topological polar surface area (TPSA) is 35.2 Å². The van der Waals surface area contributed by atoms with E-state index in [1.165, 1.54) is 5.56 Å². The fourth-order valence-corrected chi connectivity index (χ4v) is 2.18. The summed E-state index contributed by atoms with van der Waals surface area (Å²) in [6.45, 7) is 6.33. The van der Waals surface area contributed by atoms with Gasteiger partial charge < -0.3 is 10.5 Å². The summed E-state index contributed by atoms with van der Waals surface area (Å²) in [5.74, 6) is 0.955. The summed E-state index contributed by atoms with van der Waals surface area (Å²) in [6.07, 6.45) is 1.93. The monoisotopic (exact) mass is 241 g/mol. The zero-order valence-corrected chi connectivity index (χ0v) is 10.9. The highest BCUT2D eigenvalue weighted by Crippen LogP contribution is 2.38. The molecule has 0 aliphatic carbocycles. The molecule has 0 amide bonds. The molecule has 1 aromatic carbocycles. The molecule has 0 aromatic heterocycles. The minimum absolute atomic E-state index is 0. The molecule has 2 rings (SSSR count). The molecule has 0 saturated carbocycles. The van der Waals surface area contributed by atoms with Gasteiger partial charge in [0.1, 0.15) is 11.4 Å². The Morgan fingerprint density at radius 2 is 2.12 bits per heavy atom. The van der Waals surface area contributed by atoms with Gasteiger partial charge in [-0.1, -0.05) is 19.1 Å².